The van der Waals surface area contributed by atoms with E-state index in [1.165, 1.54) is 12.8 Å². The standard InChI is InChI=1S/C10H14N2O/c1-8-4-6-12(10(13)11-8)7-5-9-2-3-9/h4,6,9H,2-3,5,7H2,1H3. The second-order valence-corrected chi connectivity index (χ2v) is 3.78. The van der Waals surface area contributed by atoms with Gasteiger partial charge in [0.05, 0.1) is 0 Å². The Balaban J connectivity index is 2.06. The Kier molecular flexibility index (Phi) is 2.17. The second-order valence-electron chi connectivity index (χ2n) is 3.78. The topological polar surface area (TPSA) is 34.9 Å². The van der Waals surface area contributed by atoms with Crippen LogP contribution in [0.25, 0.3) is 0 Å². The molecule has 1 aromatic rings. The van der Waals surface area contributed by atoms with E-state index in [1.54, 1.807) is 4.57 Å². The molecule has 0 radical (unpaired) electrons. The van der Waals surface area contributed by atoms with Gasteiger partial charge in [0.25, 0.3) is 0 Å². The predicted octanol–water partition coefficient (Wildman–Crippen LogP) is 1.35. The molecule has 0 atom stereocenters. The summed E-state index contributed by atoms with van der Waals surface area (Å²) < 4.78 is 1.70. The van der Waals surface area contributed by atoms with E-state index in [9.17, 15) is 4.79 Å². The third-order valence-electron chi connectivity index (χ3n) is 2.49. The largest absolute Gasteiger partial charge is 0.347 e. The van der Waals surface area contributed by atoms with E-state index >= 15 is 0 Å². The number of rotatable bonds is 3. The van der Waals surface area contributed by atoms with Crippen LogP contribution in [0, 0.1) is 12.8 Å². The zero-order valence-electron chi connectivity index (χ0n) is 7.86. The van der Waals surface area contributed by atoms with Gasteiger partial charge in [-0.1, -0.05) is 12.8 Å². The first-order chi connectivity index (χ1) is 6.25. The van der Waals surface area contributed by atoms with Gasteiger partial charge in [0.15, 0.2) is 0 Å². The zero-order valence-corrected chi connectivity index (χ0v) is 7.86. The summed E-state index contributed by atoms with van der Waals surface area (Å²) in [5, 5.41) is 0. The van der Waals surface area contributed by atoms with Gasteiger partial charge in [-0.25, -0.2) is 4.79 Å². The summed E-state index contributed by atoms with van der Waals surface area (Å²) >= 11 is 0. The van der Waals surface area contributed by atoms with Gasteiger partial charge in [0, 0.05) is 18.4 Å². The van der Waals surface area contributed by atoms with Crippen LogP contribution < -0.4 is 5.69 Å². The first-order valence-corrected chi connectivity index (χ1v) is 4.80. The van der Waals surface area contributed by atoms with E-state index in [2.05, 4.69) is 4.98 Å². The van der Waals surface area contributed by atoms with Crippen LogP contribution in [0.15, 0.2) is 17.1 Å². The van der Waals surface area contributed by atoms with Crippen LogP contribution in [0.4, 0.5) is 0 Å². The van der Waals surface area contributed by atoms with E-state index in [0.717, 1.165) is 24.6 Å². The average molecular weight is 178 g/mol. The first kappa shape index (κ1) is 8.48. The van der Waals surface area contributed by atoms with E-state index in [-0.39, 0.29) is 5.69 Å². The molecule has 1 heterocycles. The molecule has 1 aromatic heterocycles. The Morgan fingerprint density at radius 1 is 1.62 bits per heavy atom. The van der Waals surface area contributed by atoms with Crippen LogP contribution >= 0.6 is 0 Å². The third kappa shape index (κ3) is 2.17. The molecule has 0 saturated heterocycles. The quantitative estimate of drug-likeness (QED) is 0.700. The van der Waals surface area contributed by atoms with Gasteiger partial charge in [0.2, 0.25) is 0 Å². The van der Waals surface area contributed by atoms with Crippen molar-refractivity contribution in [3.8, 4) is 0 Å². The lowest BCUT2D eigenvalue weighted by Crippen LogP contribution is -2.22. The summed E-state index contributed by atoms with van der Waals surface area (Å²) in [4.78, 5) is 15.2. The molecule has 1 fully saturated rings. The summed E-state index contributed by atoms with van der Waals surface area (Å²) in [6.45, 7) is 2.67. The van der Waals surface area contributed by atoms with Gasteiger partial charge >= 0.3 is 5.69 Å². The zero-order chi connectivity index (χ0) is 9.26. The van der Waals surface area contributed by atoms with Crippen molar-refractivity contribution in [2.45, 2.75) is 32.7 Å². The fourth-order valence-electron chi connectivity index (χ4n) is 1.41. The summed E-state index contributed by atoms with van der Waals surface area (Å²) in [7, 11) is 0. The highest BCUT2D eigenvalue weighted by atomic mass is 16.1. The van der Waals surface area contributed by atoms with E-state index in [0.29, 0.717) is 0 Å². The van der Waals surface area contributed by atoms with Crippen LogP contribution in [-0.2, 0) is 6.54 Å². The molecule has 13 heavy (non-hydrogen) atoms. The Hall–Kier alpha value is -1.12. The van der Waals surface area contributed by atoms with Gasteiger partial charge < -0.3 is 0 Å². The molecule has 0 N–H and O–H groups in total. The van der Waals surface area contributed by atoms with Crippen molar-refractivity contribution in [1.82, 2.24) is 9.55 Å². The molecule has 1 aliphatic rings. The molecule has 2 rings (SSSR count). The molecule has 0 aliphatic heterocycles. The lowest BCUT2D eigenvalue weighted by molar-refractivity contribution is 0.569. The molecule has 0 bridgehead atoms. The Morgan fingerprint density at radius 2 is 2.38 bits per heavy atom. The number of nitrogens with zero attached hydrogens (tertiary/aromatic N) is 2. The minimum Gasteiger partial charge on any atom is -0.299 e. The van der Waals surface area contributed by atoms with Gasteiger partial charge in [-0.3, -0.25) is 4.57 Å². The Morgan fingerprint density at radius 3 is 3.00 bits per heavy atom. The van der Waals surface area contributed by atoms with E-state index in [1.807, 2.05) is 19.2 Å². The van der Waals surface area contributed by atoms with Crippen LogP contribution in [0.3, 0.4) is 0 Å². The maximum atomic E-state index is 11.3. The van der Waals surface area contributed by atoms with Crippen LogP contribution in [-0.4, -0.2) is 9.55 Å². The number of aryl methyl sites for hydroxylation is 2. The highest BCUT2D eigenvalue weighted by molar-refractivity contribution is 4.95. The highest BCUT2D eigenvalue weighted by Gasteiger charge is 2.20. The van der Waals surface area contributed by atoms with Crippen LogP contribution in [0.5, 0.6) is 0 Å². The first-order valence-electron chi connectivity index (χ1n) is 4.80. The summed E-state index contributed by atoms with van der Waals surface area (Å²) in [6, 6.07) is 1.88. The molecule has 0 aromatic carbocycles. The SMILES string of the molecule is Cc1ccn(CCC2CC2)c(=O)n1. The molecule has 1 saturated carbocycles. The molecule has 0 spiro atoms. The number of hydrogen-bond acceptors (Lipinski definition) is 2. The normalized spacial score (nSPS) is 16.1. The van der Waals surface area contributed by atoms with Crippen molar-refractivity contribution in [2.75, 3.05) is 0 Å². The molecule has 3 heteroatoms. The average Bonchev–Trinajstić information content (AvgIpc) is 2.86. The minimum atomic E-state index is -0.111. The van der Waals surface area contributed by atoms with Crippen molar-refractivity contribution in [3.63, 3.8) is 0 Å². The van der Waals surface area contributed by atoms with Gasteiger partial charge in [-0.05, 0) is 25.3 Å². The lowest BCUT2D eigenvalue weighted by atomic mass is 10.3. The number of aromatic nitrogens is 2. The molecular formula is C10H14N2O. The van der Waals surface area contributed by atoms with Crippen molar-refractivity contribution >= 4 is 0 Å². The van der Waals surface area contributed by atoms with Crippen molar-refractivity contribution in [1.29, 1.82) is 0 Å². The maximum absolute atomic E-state index is 11.3. The van der Waals surface area contributed by atoms with Crippen LogP contribution in [0.2, 0.25) is 0 Å². The molecule has 1 aliphatic carbocycles. The summed E-state index contributed by atoms with van der Waals surface area (Å²) in [6.07, 6.45) is 5.65. The van der Waals surface area contributed by atoms with Crippen molar-refractivity contribution < 1.29 is 0 Å². The van der Waals surface area contributed by atoms with Gasteiger partial charge in [-0.2, -0.15) is 4.98 Å². The molecular weight excluding hydrogens is 164 g/mol. The van der Waals surface area contributed by atoms with Gasteiger partial charge in [0.1, 0.15) is 0 Å². The third-order valence-corrected chi connectivity index (χ3v) is 2.49. The Labute approximate surface area is 77.4 Å². The Bertz CT molecular complexity index is 352. The fraction of sp³-hybridized carbons (Fsp3) is 0.600. The van der Waals surface area contributed by atoms with E-state index in [4.69, 9.17) is 0 Å². The maximum Gasteiger partial charge on any atom is 0.347 e. The molecule has 3 nitrogen and oxygen atoms in total. The summed E-state index contributed by atoms with van der Waals surface area (Å²) in [5.74, 6) is 0.869. The smallest absolute Gasteiger partial charge is 0.299 e. The fourth-order valence-corrected chi connectivity index (χ4v) is 1.41. The summed E-state index contributed by atoms with van der Waals surface area (Å²) in [5.41, 5.74) is 0.688. The van der Waals surface area contributed by atoms with Gasteiger partial charge in [-0.15, -0.1) is 0 Å². The molecule has 70 valence electrons. The highest BCUT2D eigenvalue weighted by Crippen LogP contribution is 2.32. The van der Waals surface area contributed by atoms with Crippen LogP contribution in [0.1, 0.15) is 25.0 Å². The molecule has 0 unspecified atom stereocenters. The predicted molar refractivity (Wildman–Crippen MR) is 50.6 cm³/mol. The van der Waals surface area contributed by atoms with Crippen molar-refractivity contribution in [2.24, 2.45) is 5.92 Å². The lowest BCUT2D eigenvalue weighted by Gasteiger charge is -2.03. The minimum absolute atomic E-state index is 0.111. The van der Waals surface area contributed by atoms with E-state index < -0.39 is 0 Å². The molecule has 0 amide bonds. The second kappa shape index (κ2) is 3.32. The van der Waals surface area contributed by atoms with Crippen molar-refractivity contribution in [3.05, 3.63) is 28.4 Å². The monoisotopic (exact) mass is 178 g/mol. The number of hydrogen-bond donors (Lipinski definition) is 0.